The Labute approximate surface area is 210 Å². The van der Waals surface area contributed by atoms with Crippen molar-refractivity contribution in [3.8, 4) is 0 Å². The van der Waals surface area contributed by atoms with Crippen LogP contribution in [0, 0.1) is 56.7 Å². The SMILES string of the molecule is C=C(C)[C@@H]1CC[C@]2(C(=O)O)CC[C@]3(C)[C@H](C[C@H](O)[C@@H]4[C@@]5(C)CCC(=O)C(C)(C)[C@@H]5C[C@H](O)[C@]43C)[C@@H]12. The van der Waals surface area contributed by atoms with E-state index >= 15 is 0 Å². The summed E-state index contributed by atoms with van der Waals surface area (Å²) >= 11 is 0. The highest BCUT2D eigenvalue weighted by Crippen LogP contribution is 2.77. The summed E-state index contributed by atoms with van der Waals surface area (Å²) in [5.74, 6) is -0.442. The zero-order chi connectivity index (χ0) is 25.9. The Bertz CT molecular complexity index is 970. The molecule has 0 saturated heterocycles. The summed E-state index contributed by atoms with van der Waals surface area (Å²) in [6, 6.07) is 0. The number of rotatable bonds is 2. The molecule has 5 rings (SSSR count). The molecule has 0 aromatic heterocycles. The molecule has 11 atom stereocenters. The van der Waals surface area contributed by atoms with Gasteiger partial charge in [0, 0.05) is 17.3 Å². The van der Waals surface area contributed by atoms with E-state index in [0.29, 0.717) is 32.1 Å². The molecule has 5 heteroatoms. The number of ketones is 1. The van der Waals surface area contributed by atoms with E-state index in [1.54, 1.807) is 0 Å². The van der Waals surface area contributed by atoms with Crippen molar-refractivity contribution >= 4 is 11.8 Å². The maximum absolute atomic E-state index is 12.9. The first kappa shape index (κ1) is 25.4. The van der Waals surface area contributed by atoms with E-state index < -0.39 is 34.4 Å². The van der Waals surface area contributed by atoms with Crippen LogP contribution in [0.1, 0.15) is 92.9 Å². The van der Waals surface area contributed by atoms with Gasteiger partial charge in [0.25, 0.3) is 0 Å². The van der Waals surface area contributed by atoms with E-state index in [9.17, 15) is 24.9 Å². The molecule has 0 aromatic rings. The quantitative estimate of drug-likeness (QED) is 0.464. The van der Waals surface area contributed by atoms with Gasteiger partial charge in [-0.1, -0.05) is 46.8 Å². The fraction of sp³-hybridized carbons (Fsp3) is 0.867. The van der Waals surface area contributed by atoms with Gasteiger partial charge in [0.2, 0.25) is 0 Å². The van der Waals surface area contributed by atoms with Crippen LogP contribution in [-0.2, 0) is 9.59 Å². The van der Waals surface area contributed by atoms with Crippen LogP contribution in [-0.4, -0.2) is 39.3 Å². The summed E-state index contributed by atoms with van der Waals surface area (Å²) in [6.45, 7) is 17.1. The van der Waals surface area contributed by atoms with Crippen LogP contribution in [0.5, 0.6) is 0 Å². The number of carbonyl (C=O) groups excluding carboxylic acids is 1. The zero-order valence-corrected chi connectivity index (χ0v) is 22.6. The summed E-state index contributed by atoms with van der Waals surface area (Å²) in [4.78, 5) is 25.7. The fourth-order valence-electron chi connectivity index (χ4n) is 11.3. The molecule has 5 nitrogen and oxygen atoms in total. The van der Waals surface area contributed by atoms with E-state index in [1.165, 1.54) is 0 Å². The monoisotopic (exact) mass is 486 g/mol. The van der Waals surface area contributed by atoms with E-state index in [2.05, 4.69) is 27.4 Å². The average molecular weight is 487 g/mol. The first-order chi connectivity index (χ1) is 16.1. The molecule has 0 heterocycles. The lowest BCUT2D eigenvalue weighted by Gasteiger charge is -2.74. The predicted molar refractivity (Wildman–Crippen MR) is 134 cm³/mol. The molecule has 5 saturated carbocycles. The summed E-state index contributed by atoms with van der Waals surface area (Å²) < 4.78 is 0. The molecule has 3 N–H and O–H groups in total. The van der Waals surface area contributed by atoms with Crippen molar-refractivity contribution < 1.29 is 24.9 Å². The van der Waals surface area contributed by atoms with Crippen molar-refractivity contribution in [1.82, 2.24) is 0 Å². The number of aliphatic carboxylic acids is 1. The molecular weight excluding hydrogens is 440 g/mol. The summed E-state index contributed by atoms with van der Waals surface area (Å²) in [6.07, 6.45) is 4.04. The standard InChI is InChI=1S/C30H46O5/c1-16(2)17-8-11-30(25(34)35)13-12-28(6)18(23(17)30)14-19(31)24-27(5)10-9-21(32)26(3,4)20(27)15-22(33)29(24,28)7/h17-20,22-24,31,33H,1,8-15H2,2-7H3,(H,34,35)/t17-,18+,19-,20-,22-,23+,24+,27-,28+,29+,30-/m0/s1. The first-order valence-corrected chi connectivity index (χ1v) is 13.9. The number of carboxylic acid groups (broad SMARTS) is 1. The van der Waals surface area contributed by atoms with Crippen LogP contribution in [0.15, 0.2) is 12.2 Å². The first-order valence-electron chi connectivity index (χ1n) is 13.9. The highest BCUT2D eigenvalue weighted by molar-refractivity contribution is 5.85. The minimum atomic E-state index is -0.762. The lowest BCUT2D eigenvalue weighted by Crippen LogP contribution is -2.73. The van der Waals surface area contributed by atoms with Crippen molar-refractivity contribution in [2.75, 3.05) is 0 Å². The Balaban J connectivity index is 1.65. The highest BCUT2D eigenvalue weighted by Gasteiger charge is 2.75. The van der Waals surface area contributed by atoms with Gasteiger partial charge < -0.3 is 15.3 Å². The van der Waals surface area contributed by atoms with Gasteiger partial charge in [0.1, 0.15) is 5.78 Å². The number of aliphatic hydroxyl groups excluding tert-OH is 2. The lowest BCUT2D eigenvalue weighted by molar-refractivity contribution is -0.297. The Kier molecular flexibility index (Phi) is 5.40. The molecular formula is C30H46O5. The maximum Gasteiger partial charge on any atom is 0.309 e. The number of aliphatic hydroxyl groups is 2. The molecule has 5 fully saturated rings. The summed E-state index contributed by atoms with van der Waals surface area (Å²) in [7, 11) is 0. The third-order valence-corrected chi connectivity index (χ3v) is 13.3. The van der Waals surface area contributed by atoms with Gasteiger partial charge in [-0.2, -0.15) is 0 Å². The number of Topliss-reactive ketones (excluding diaryl/α,β-unsaturated/α-hetero) is 1. The van der Waals surface area contributed by atoms with Crippen LogP contribution < -0.4 is 0 Å². The van der Waals surface area contributed by atoms with Gasteiger partial charge >= 0.3 is 5.97 Å². The van der Waals surface area contributed by atoms with Crippen LogP contribution in [0.2, 0.25) is 0 Å². The van der Waals surface area contributed by atoms with E-state index in [1.807, 2.05) is 20.8 Å². The molecule has 0 aromatic carbocycles. The van der Waals surface area contributed by atoms with Gasteiger partial charge in [-0.3, -0.25) is 9.59 Å². The zero-order valence-electron chi connectivity index (χ0n) is 22.6. The van der Waals surface area contributed by atoms with Crippen molar-refractivity contribution in [3.05, 3.63) is 12.2 Å². The Morgan fingerprint density at radius 1 is 1.00 bits per heavy atom. The second-order valence-electron chi connectivity index (χ2n) is 14.5. The Hall–Kier alpha value is -1.20. The van der Waals surface area contributed by atoms with Crippen molar-refractivity contribution in [2.24, 2.45) is 56.7 Å². The van der Waals surface area contributed by atoms with Gasteiger partial charge in [-0.15, -0.1) is 0 Å². The van der Waals surface area contributed by atoms with Crippen molar-refractivity contribution in [2.45, 2.75) is 105 Å². The largest absolute Gasteiger partial charge is 0.481 e. The smallest absolute Gasteiger partial charge is 0.309 e. The lowest BCUT2D eigenvalue weighted by atomic mass is 9.31. The van der Waals surface area contributed by atoms with Gasteiger partial charge in [-0.25, -0.2) is 0 Å². The minimum absolute atomic E-state index is 0.0147. The van der Waals surface area contributed by atoms with Gasteiger partial charge in [-0.05, 0) is 92.3 Å². The molecule has 0 unspecified atom stereocenters. The number of carbonyl (C=O) groups is 2. The third kappa shape index (κ3) is 2.83. The molecule has 5 aliphatic carbocycles. The maximum atomic E-state index is 12.9. The average Bonchev–Trinajstić information content (AvgIpc) is 3.16. The molecule has 0 aliphatic heterocycles. The topological polar surface area (TPSA) is 94.8 Å². The summed E-state index contributed by atoms with van der Waals surface area (Å²) in [5.41, 5.74) is -1.32. The molecule has 5 aliphatic rings. The molecule has 0 radical (unpaired) electrons. The summed E-state index contributed by atoms with van der Waals surface area (Å²) in [5, 5.41) is 34.5. The third-order valence-electron chi connectivity index (χ3n) is 13.3. The van der Waals surface area contributed by atoms with Crippen LogP contribution in [0.3, 0.4) is 0 Å². The Morgan fingerprint density at radius 2 is 1.66 bits per heavy atom. The second kappa shape index (κ2) is 7.43. The van der Waals surface area contributed by atoms with Gasteiger partial charge in [0.05, 0.1) is 17.6 Å². The van der Waals surface area contributed by atoms with Crippen molar-refractivity contribution in [3.63, 3.8) is 0 Å². The van der Waals surface area contributed by atoms with Crippen LogP contribution >= 0.6 is 0 Å². The number of allylic oxidation sites excluding steroid dienone is 1. The van der Waals surface area contributed by atoms with Crippen molar-refractivity contribution in [1.29, 1.82) is 0 Å². The van der Waals surface area contributed by atoms with Gasteiger partial charge in [0.15, 0.2) is 0 Å². The second-order valence-corrected chi connectivity index (χ2v) is 14.5. The molecule has 0 spiro atoms. The van der Waals surface area contributed by atoms with E-state index in [4.69, 9.17) is 0 Å². The minimum Gasteiger partial charge on any atom is -0.481 e. The van der Waals surface area contributed by atoms with E-state index in [-0.39, 0.29) is 46.2 Å². The highest BCUT2D eigenvalue weighted by atomic mass is 16.4. The van der Waals surface area contributed by atoms with E-state index in [0.717, 1.165) is 24.8 Å². The Morgan fingerprint density at radius 3 is 2.26 bits per heavy atom. The number of hydrogen-bond donors (Lipinski definition) is 3. The predicted octanol–water partition coefficient (Wildman–Crippen LogP) is 5.24. The van der Waals surface area contributed by atoms with Crippen LogP contribution in [0.4, 0.5) is 0 Å². The number of carboxylic acids is 1. The normalized spacial score (nSPS) is 54.7. The van der Waals surface area contributed by atoms with Crippen LogP contribution in [0.25, 0.3) is 0 Å². The molecule has 0 amide bonds. The molecule has 0 bridgehead atoms. The molecule has 196 valence electrons. The number of fused-ring (bicyclic) bond motifs is 7. The fourth-order valence-corrected chi connectivity index (χ4v) is 11.3. The number of hydrogen-bond acceptors (Lipinski definition) is 4. The molecule has 35 heavy (non-hydrogen) atoms.